The molecule has 1 unspecified atom stereocenters. The molecule has 3 heteroatoms. The summed E-state index contributed by atoms with van der Waals surface area (Å²) in [5, 5.41) is 4.87. The number of ether oxygens (including phenoxy) is 1. The van der Waals surface area contributed by atoms with Gasteiger partial charge in [0.15, 0.2) is 0 Å². The molecule has 62 heavy (non-hydrogen) atoms. The number of anilines is 3. The van der Waals surface area contributed by atoms with Crippen molar-refractivity contribution in [1.82, 2.24) is 0 Å². The second kappa shape index (κ2) is 13.7. The Bertz CT molecular complexity index is 3550. The van der Waals surface area contributed by atoms with Crippen molar-refractivity contribution in [3.8, 4) is 44.9 Å². The van der Waals surface area contributed by atoms with Gasteiger partial charge in [0.05, 0.1) is 15.8 Å². The topological polar surface area (TPSA) is 12.5 Å². The van der Waals surface area contributed by atoms with E-state index in [1.54, 1.807) is 0 Å². The van der Waals surface area contributed by atoms with Gasteiger partial charge in [0, 0.05) is 43.4 Å². The first-order valence-electron chi connectivity index (χ1n) is 21.2. The second-order valence-corrected chi connectivity index (χ2v) is 17.4. The van der Waals surface area contributed by atoms with Crippen LogP contribution in [0.3, 0.4) is 0 Å². The summed E-state index contributed by atoms with van der Waals surface area (Å²) in [5.41, 5.74) is 15.1. The van der Waals surface area contributed by atoms with Crippen molar-refractivity contribution in [2.75, 3.05) is 4.90 Å². The van der Waals surface area contributed by atoms with E-state index in [4.69, 9.17) is 4.74 Å². The van der Waals surface area contributed by atoms with E-state index in [-0.39, 0.29) is 0 Å². The van der Waals surface area contributed by atoms with Crippen molar-refractivity contribution in [3.05, 3.63) is 247 Å². The molecule has 0 bridgehead atoms. The van der Waals surface area contributed by atoms with Gasteiger partial charge in [-0.2, -0.15) is 0 Å². The third-order valence-corrected chi connectivity index (χ3v) is 14.4. The van der Waals surface area contributed by atoms with Crippen LogP contribution in [0.5, 0.6) is 11.5 Å². The first-order valence-corrected chi connectivity index (χ1v) is 22.1. The SMILES string of the molecule is c1ccc(-c2ccc(N(c3ccc(-c4cccc5c4-c4ccccc4C54c5ccccc5Oc5c4ccc4ccccc54)cc3)c3cccc4c3sc3ccccc34)cc2)cc1. The predicted molar refractivity (Wildman–Crippen MR) is 260 cm³/mol. The summed E-state index contributed by atoms with van der Waals surface area (Å²) in [6.07, 6.45) is 0. The molecule has 2 heterocycles. The van der Waals surface area contributed by atoms with E-state index in [1.807, 2.05) is 11.3 Å². The maximum absolute atomic E-state index is 6.90. The molecule has 1 aromatic heterocycles. The van der Waals surface area contributed by atoms with Crippen LogP contribution in [0, 0.1) is 0 Å². The monoisotopic (exact) mass is 807 g/mol. The third-order valence-electron chi connectivity index (χ3n) is 13.1. The van der Waals surface area contributed by atoms with Crippen LogP contribution in [0.2, 0.25) is 0 Å². The predicted octanol–water partition coefficient (Wildman–Crippen LogP) is 16.5. The zero-order valence-electron chi connectivity index (χ0n) is 33.6. The van der Waals surface area contributed by atoms with Crippen molar-refractivity contribution in [2.45, 2.75) is 5.41 Å². The van der Waals surface area contributed by atoms with E-state index in [0.717, 1.165) is 28.3 Å². The summed E-state index contributed by atoms with van der Waals surface area (Å²) in [7, 11) is 0. The highest BCUT2D eigenvalue weighted by Crippen LogP contribution is 2.64. The van der Waals surface area contributed by atoms with Gasteiger partial charge in [0.2, 0.25) is 0 Å². The maximum atomic E-state index is 6.90. The van der Waals surface area contributed by atoms with E-state index in [2.05, 4.69) is 229 Å². The first kappa shape index (κ1) is 35.1. The lowest BCUT2D eigenvalue weighted by Crippen LogP contribution is -2.32. The van der Waals surface area contributed by atoms with Gasteiger partial charge >= 0.3 is 0 Å². The summed E-state index contributed by atoms with van der Waals surface area (Å²) in [6, 6.07) is 82.0. The van der Waals surface area contributed by atoms with Gasteiger partial charge in [0.25, 0.3) is 0 Å². The van der Waals surface area contributed by atoms with Crippen molar-refractivity contribution in [3.63, 3.8) is 0 Å². The molecular weight excluding hydrogens is 771 g/mol. The molecule has 11 aromatic rings. The van der Waals surface area contributed by atoms with E-state index < -0.39 is 5.41 Å². The number of fused-ring (bicyclic) bond motifs is 14. The summed E-state index contributed by atoms with van der Waals surface area (Å²) in [6.45, 7) is 0. The summed E-state index contributed by atoms with van der Waals surface area (Å²) >= 11 is 1.86. The standard InChI is InChI=1S/C59H37NOS/c1-2-14-38(15-3-1)39-28-33-42(34-29-39)60(53-25-13-21-47-46-18-7-11-27-55(46)62-58(47)53)43-35-30-41(31-36-43)44-20-12-24-51-56(44)48-19-6-8-22-49(48)59(51)50-23-9-10-26-54(50)61-57-45-17-5-4-16-40(45)32-37-52(57)59/h1-37H. The molecule has 1 aliphatic heterocycles. The molecular formula is C59H37NOS. The number of benzene rings is 10. The molecule has 10 aromatic carbocycles. The zero-order valence-corrected chi connectivity index (χ0v) is 34.4. The van der Waals surface area contributed by atoms with Crippen molar-refractivity contribution in [2.24, 2.45) is 0 Å². The van der Waals surface area contributed by atoms with E-state index in [0.29, 0.717) is 0 Å². The molecule has 13 rings (SSSR count). The van der Waals surface area contributed by atoms with Crippen LogP contribution in [0.4, 0.5) is 17.1 Å². The van der Waals surface area contributed by atoms with Crippen LogP contribution in [-0.2, 0) is 5.41 Å². The van der Waals surface area contributed by atoms with E-state index in [9.17, 15) is 0 Å². The van der Waals surface area contributed by atoms with E-state index in [1.165, 1.54) is 86.9 Å². The number of thiophene rings is 1. The smallest absolute Gasteiger partial charge is 0.140 e. The average Bonchev–Trinajstić information content (AvgIpc) is 3.87. The number of hydrogen-bond donors (Lipinski definition) is 0. The summed E-state index contributed by atoms with van der Waals surface area (Å²) < 4.78 is 9.47. The second-order valence-electron chi connectivity index (χ2n) is 16.3. The van der Waals surface area contributed by atoms with Crippen LogP contribution < -0.4 is 9.64 Å². The molecule has 0 N–H and O–H groups in total. The maximum Gasteiger partial charge on any atom is 0.140 e. The Kier molecular flexibility index (Phi) is 7.72. The van der Waals surface area contributed by atoms with Gasteiger partial charge in [-0.25, -0.2) is 0 Å². The molecule has 2 nitrogen and oxygen atoms in total. The highest BCUT2D eigenvalue weighted by molar-refractivity contribution is 7.26. The lowest BCUT2D eigenvalue weighted by molar-refractivity contribution is 0.441. The van der Waals surface area contributed by atoms with Crippen LogP contribution in [-0.4, -0.2) is 0 Å². The fraction of sp³-hybridized carbons (Fsp3) is 0.0169. The lowest BCUT2D eigenvalue weighted by Gasteiger charge is -2.39. The van der Waals surface area contributed by atoms with Gasteiger partial charge in [-0.15, -0.1) is 11.3 Å². The van der Waals surface area contributed by atoms with Crippen LogP contribution >= 0.6 is 11.3 Å². The minimum absolute atomic E-state index is 0.554. The fourth-order valence-electron chi connectivity index (χ4n) is 10.5. The zero-order chi connectivity index (χ0) is 40.8. The first-order chi connectivity index (χ1) is 30.8. The van der Waals surface area contributed by atoms with Crippen LogP contribution in [0.1, 0.15) is 22.3 Å². The van der Waals surface area contributed by atoms with Crippen molar-refractivity contribution < 1.29 is 4.74 Å². The molecule has 0 saturated heterocycles. The highest BCUT2D eigenvalue weighted by atomic mass is 32.1. The summed E-state index contributed by atoms with van der Waals surface area (Å²) in [5.74, 6) is 1.84. The number of hydrogen-bond acceptors (Lipinski definition) is 3. The molecule has 1 aliphatic carbocycles. The Morgan fingerprint density at radius 1 is 0.387 bits per heavy atom. The molecule has 0 amide bonds. The largest absolute Gasteiger partial charge is 0.456 e. The van der Waals surface area contributed by atoms with Gasteiger partial charge in [-0.1, -0.05) is 182 Å². The van der Waals surface area contributed by atoms with E-state index >= 15 is 0 Å². The molecule has 1 atom stereocenters. The summed E-state index contributed by atoms with van der Waals surface area (Å²) in [4.78, 5) is 2.43. The van der Waals surface area contributed by atoms with Crippen molar-refractivity contribution in [1.29, 1.82) is 0 Å². The molecule has 2 aliphatic rings. The minimum Gasteiger partial charge on any atom is -0.456 e. The molecule has 0 fully saturated rings. The highest BCUT2D eigenvalue weighted by Gasteiger charge is 2.51. The molecule has 0 radical (unpaired) electrons. The number of rotatable bonds is 5. The Balaban J connectivity index is 0.992. The number of para-hydroxylation sites is 1. The minimum atomic E-state index is -0.554. The quantitative estimate of drug-likeness (QED) is 0.172. The van der Waals surface area contributed by atoms with Crippen molar-refractivity contribution >= 4 is 59.3 Å². The third kappa shape index (κ3) is 5.03. The lowest BCUT2D eigenvalue weighted by atomic mass is 9.65. The number of nitrogens with zero attached hydrogens (tertiary/aromatic N) is 1. The van der Waals surface area contributed by atoms with Crippen LogP contribution in [0.25, 0.3) is 64.3 Å². The van der Waals surface area contributed by atoms with Gasteiger partial charge < -0.3 is 9.64 Å². The molecule has 290 valence electrons. The molecule has 0 saturated carbocycles. The molecule has 1 spiro atoms. The van der Waals surface area contributed by atoms with Gasteiger partial charge in [-0.05, 0) is 92.4 Å². The average molecular weight is 808 g/mol. The Morgan fingerprint density at radius 3 is 1.84 bits per heavy atom. The Morgan fingerprint density at radius 2 is 1.00 bits per heavy atom. The van der Waals surface area contributed by atoms with Gasteiger partial charge in [0.1, 0.15) is 11.5 Å². The van der Waals surface area contributed by atoms with Gasteiger partial charge in [-0.3, -0.25) is 0 Å². The Labute approximate surface area is 364 Å². The Hall–Kier alpha value is -7.72. The normalized spacial score (nSPS) is 14.6. The fourth-order valence-corrected chi connectivity index (χ4v) is 11.7. The van der Waals surface area contributed by atoms with Crippen LogP contribution in [0.15, 0.2) is 224 Å².